The van der Waals surface area contributed by atoms with E-state index < -0.39 is 11.9 Å². The van der Waals surface area contributed by atoms with Crippen molar-refractivity contribution < 1.29 is 23.6 Å². The number of likely N-dealkylation sites (N-methyl/N-ethyl adjacent to an activating group) is 1. The predicted octanol–water partition coefficient (Wildman–Crippen LogP) is 1.93. The second kappa shape index (κ2) is 11.4. The summed E-state index contributed by atoms with van der Waals surface area (Å²) in [5.74, 6) is -1.22. The number of likely N-dealkylation sites (tertiary alicyclic amines) is 1. The molecule has 1 aliphatic heterocycles. The van der Waals surface area contributed by atoms with Crippen LogP contribution in [0.3, 0.4) is 0 Å². The van der Waals surface area contributed by atoms with Gasteiger partial charge in [-0.2, -0.15) is 0 Å². The van der Waals surface area contributed by atoms with Crippen molar-refractivity contribution in [3.8, 4) is 0 Å². The molecule has 2 N–H and O–H groups in total. The van der Waals surface area contributed by atoms with E-state index in [-0.39, 0.29) is 36.2 Å². The Morgan fingerprint density at radius 1 is 1.25 bits per heavy atom. The van der Waals surface area contributed by atoms with Crippen LogP contribution >= 0.6 is 0 Å². The molecule has 1 aromatic carbocycles. The number of rotatable bonds is 9. The highest BCUT2D eigenvalue weighted by atomic mass is 19.1. The van der Waals surface area contributed by atoms with E-state index >= 15 is 0 Å². The Balaban J connectivity index is 2.12. The molecule has 1 heterocycles. The van der Waals surface area contributed by atoms with Crippen LogP contribution in [-0.4, -0.2) is 66.2 Å². The molecule has 0 aliphatic carbocycles. The van der Waals surface area contributed by atoms with E-state index in [2.05, 4.69) is 10.6 Å². The van der Waals surface area contributed by atoms with Gasteiger partial charge >= 0.3 is 0 Å². The third-order valence-electron chi connectivity index (χ3n) is 5.55. The molecule has 0 aromatic heterocycles. The van der Waals surface area contributed by atoms with Crippen LogP contribution in [0.15, 0.2) is 35.9 Å². The van der Waals surface area contributed by atoms with Gasteiger partial charge < -0.3 is 20.4 Å². The molecule has 4 amide bonds. The number of halogens is 1. The smallest absolute Gasteiger partial charge is 0.249 e. The second-order valence-electron chi connectivity index (χ2n) is 8.24. The Bertz CT molecular complexity index is 869. The van der Waals surface area contributed by atoms with Gasteiger partial charge in [0.15, 0.2) is 0 Å². The van der Waals surface area contributed by atoms with Gasteiger partial charge in [-0.05, 0) is 49.9 Å². The second-order valence-corrected chi connectivity index (χ2v) is 8.24. The van der Waals surface area contributed by atoms with Gasteiger partial charge in [0.1, 0.15) is 11.9 Å². The number of carbonyl (C=O) groups is 4. The number of hydrogen-bond acceptors (Lipinski definition) is 4. The Morgan fingerprint density at radius 3 is 2.50 bits per heavy atom. The standard InChI is InChI=1S/C23H31FN4O4/c1-15(2)20(27(4)21(30)13-25-14-29)12-16(3)23(32)28-11-5-6-19(28)22(31)26-18-9-7-17(24)8-10-18/h7-10,12,14-15,19-20H,5-6,11,13H2,1-4H3,(H,25,29)(H,26,31)/t19-,20+/m0/s1. The first-order valence-electron chi connectivity index (χ1n) is 10.6. The van der Waals surface area contributed by atoms with E-state index in [0.717, 1.165) is 0 Å². The van der Waals surface area contributed by atoms with Gasteiger partial charge in [0, 0.05) is 24.9 Å². The SMILES string of the molecule is CC(=C[C@H](C(C)C)N(C)C(=O)CNC=O)C(=O)N1CCC[C@H]1C(=O)Nc1ccc(F)cc1. The van der Waals surface area contributed by atoms with Gasteiger partial charge in [0.25, 0.3) is 0 Å². The predicted molar refractivity (Wildman–Crippen MR) is 119 cm³/mol. The van der Waals surface area contributed by atoms with Gasteiger partial charge in [-0.3, -0.25) is 19.2 Å². The molecule has 32 heavy (non-hydrogen) atoms. The lowest BCUT2D eigenvalue weighted by molar-refractivity contribution is -0.133. The number of carbonyl (C=O) groups excluding carboxylic acids is 4. The molecule has 0 spiro atoms. The summed E-state index contributed by atoms with van der Waals surface area (Å²) in [7, 11) is 1.63. The van der Waals surface area contributed by atoms with Crippen LogP contribution in [0.25, 0.3) is 0 Å². The van der Waals surface area contributed by atoms with Crippen LogP contribution < -0.4 is 10.6 Å². The highest BCUT2D eigenvalue weighted by Crippen LogP contribution is 2.23. The Hall–Kier alpha value is -3.23. The summed E-state index contributed by atoms with van der Waals surface area (Å²) in [6.07, 6.45) is 3.43. The van der Waals surface area contributed by atoms with E-state index in [9.17, 15) is 23.6 Å². The molecule has 0 saturated carbocycles. The molecule has 2 rings (SSSR count). The maximum Gasteiger partial charge on any atom is 0.249 e. The van der Waals surface area contributed by atoms with Crippen LogP contribution in [-0.2, 0) is 19.2 Å². The topological polar surface area (TPSA) is 98.8 Å². The van der Waals surface area contributed by atoms with Crippen molar-refractivity contribution in [1.82, 2.24) is 15.1 Å². The molecule has 1 aromatic rings. The van der Waals surface area contributed by atoms with Gasteiger partial charge in [-0.25, -0.2) is 4.39 Å². The van der Waals surface area contributed by atoms with Crippen LogP contribution in [0, 0.1) is 11.7 Å². The third-order valence-corrected chi connectivity index (χ3v) is 5.55. The fourth-order valence-corrected chi connectivity index (χ4v) is 3.77. The van der Waals surface area contributed by atoms with Crippen LogP contribution in [0.1, 0.15) is 33.6 Å². The van der Waals surface area contributed by atoms with E-state index in [0.29, 0.717) is 37.1 Å². The summed E-state index contributed by atoms with van der Waals surface area (Å²) in [5, 5.41) is 5.09. The van der Waals surface area contributed by atoms with E-state index in [4.69, 9.17) is 0 Å². The molecule has 8 nitrogen and oxygen atoms in total. The van der Waals surface area contributed by atoms with Crippen molar-refractivity contribution in [3.05, 3.63) is 41.7 Å². The third kappa shape index (κ3) is 6.38. The van der Waals surface area contributed by atoms with Gasteiger partial charge in [-0.1, -0.05) is 19.9 Å². The maximum atomic E-state index is 13.1. The van der Waals surface area contributed by atoms with Crippen molar-refractivity contribution in [1.29, 1.82) is 0 Å². The Labute approximate surface area is 187 Å². The van der Waals surface area contributed by atoms with Gasteiger partial charge in [-0.15, -0.1) is 0 Å². The zero-order valence-corrected chi connectivity index (χ0v) is 18.9. The summed E-state index contributed by atoms with van der Waals surface area (Å²) in [4.78, 5) is 51.7. The fraction of sp³-hybridized carbons (Fsp3) is 0.478. The highest BCUT2D eigenvalue weighted by molar-refractivity contribution is 6.01. The minimum Gasteiger partial charge on any atom is -0.350 e. The van der Waals surface area contributed by atoms with Crippen molar-refractivity contribution in [2.75, 3.05) is 25.5 Å². The minimum atomic E-state index is -0.621. The molecule has 174 valence electrons. The van der Waals surface area contributed by atoms with Gasteiger partial charge in [0.05, 0.1) is 12.6 Å². The lowest BCUT2D eigenvalue weighted by atomic mass is 9.99. The van der Waals surface area contributed by atoms with Crippen LogP contribution in [0.2, 0.25) is 0 Å². The Kier molecular flexibility index (Phi) is 8.92. The fourth-order valence-electron chi connectivity index (χ4n) is 3.77. The molecule has 1 fully saturated rings. The Morgan fingerprint density at radius 2 is 1.91 bits per heavy atom. The molecule has 1 saturated heterocycles. The molecule has 0 bridgehead atoms. The number of benzene rings is 1. The first-order chi connectivity index (χ1) is 15.1. The van der Waals surface area contributed by atoms with Crippen LogP contribution in [0.5, 0.6) is 0 Å². The van der Waals surface area contributed by atoms with E-state index in [1.807, 2.05) is 13.8 Å². The zero-order chi connectivity index (χ0) is 23.8. The lowest BCUT2D eigenvalue weighted by Crippen LogP contribution is -2.45. The quantitative estimate of drug-likeness (QED) is 0.447. The summed E-state index contributed by atoms with van der Waals surface area (Å²) in [6, 6.07) is 4.49. The number of anilines is 1. The van der Waals surface area contributed by atoms with Crippen molar-refractivity contribution in [2.45, 2.75) is 45.7 Å². The average molecular weight is 447 g/mol. The number of nitrogens with one attached hydrogen (secondary N) is 2. The summed E-state index contributed by atoms with van der Waals surface area (Å²) >= 11 is 0. The van der Waals surface area contributed by atoms with Crippen molar-refractivity contribution >= 4 is 29.8 Å². The van der Waals surface area contributed by atoms with Crippen molar-refractivity contribution in [3.63, 3.8) is 0 Å². The monoisotopic (exact) mass is 446 g/mol. The molecular formula is C23H31FN4O4. The van der Waals surface area contributed by atoms with Crippen molar-refractivity contribution in [2.24, 2.45) is 5.92 Å². The molecule has 9 heteroatoms. The first kappa shape index (κ1) is 25.0. The summed E-state index contributed by atoms with van der Waals surface area (Å²) in [5.41, 5.74) is 0.903. The lowest BCUT2D eigenvalue weighted by Gasteiger charge is -2.30. The van der Waals surface area contributed by atoms with E-state index in [1.54, 1.807) is 20.0 Å². The summed E-state index contributed by atoms with van der Waals surface area (Å²) in [6.45, 7) is 5.87. The molecule has 1 aliphatic rings. The van der Waals surface area contributed by atoms with E-state index in [1.165, 1.54) is 34.1 Å². The number of nitrogens with zero attached hydrogens (tertiary/aromatic N) is 2. The molecule has 2 atom stereocenters. The number of hydrogen-bond donors (Lipinski definition) is 2. The first-order valence-corrected chi connectivity index (χ1v) is 10.6. The molecule has 0 unspecified atom stereocenters. The zero-order valence-electron chi connectivity index (χ0n) is 18.9. The largest absolute Gasteiger partial charge is 0.350 e. The minimum absolute atomic E-state index is 0.0269. The molecular weight excluding hydrogens is 415 g/mol. The molecule has 0 radical (unpaired) electrons. The maximum absolute atomic E-state index is 13.1. The van der Waals surface area contributed by atoms with Crippen LogP contribution in [0.4, 0.5) is 10.1 Å². The highest BCUT2D eigenvalue weighted by Gasteiger charge is 2.35. The average Bonchev–Trinajstić information content (AvgIpc) is 3.26. The summed E-state index contributed by atoms with van der Waals surface area (Å²) < 4.78 is 13.1. The van der Waals surface area contributed by atoms with Gasteiger partial charge in [0.2, 0.25) is 24.1 Å². The normalized spacial score (nSPS) is 17.1. The number of amides is 4.